The van der Waals surface area contributed by atoms with Crippen LogP contribution in [0.25, 0.3) is 11.4 Å². The number of nitrogens with two attached hydrogens (primary N) is 1. The molecule has 2 atom stereocenters. The summed E-state index contributed by atoms with van der Waals surface area (Å²) < 4.78 is 6.31. The standard InChI is InChI=1S/C13H16BrN3O/c1-7-6-10(14)4-5-11(7)12-16-13(18-17-12)8(2)9(3)15/h4-6,8-9H,15H2,1-3H3. The van der Waals surface area contributed by atoms with Crippen LogP contribution in [0.15, 0.2) is 27.2 Å². The predicted molar refractivity (Wildman–Crippen MR) is 74.2 cm³/mol. The molecule has 1 aromatic carbocycles. The second kappa shape index (κ2) is 5.20. The lowest BCUT2D eigenvalue weighted by molar-refractivity contribution is 0.346. The van der Waals surface area contributed by atoms with E-state index in [0.29, 0.717) is 11.7 Å². The summed E-state index contributed by atoms with van der Waals surface area (Å²) in [6, 6.07) is 5.96. The van der Waals surface area contributed by atoms with Gasteiger partial charge in [-0.1, -0.05) is 28.0 Å². The maximum Gasteiger partial charge on any atom is 0.231 e. The van der Waals surface area contributed by atoms with E-state index >= 15 is 0 Å². The summed E-state index contributed by atoms with van der Waals surface area (Å²) in [6.45, 7) is 5.93. The average molecular weight is 310 g/mol. The summed E-state index contributed by atoms with van der Waals surface area (Å²) in [5.74, 6) is 1.26. The normalized spacial score (nSPS) is 14.5. The molecular weight excluding hydrogens is 294 g/mol. The van der Waals surface area contributed by atoms with Crippen LogP contribution in [-0.2, 0) is 0 Å². The highest BCUT2D eigenvalue weighted by Crippen LogP contribution is 2.25. The second-order valence-electron chi connectivity index (χ2n) is 4.56. The average Bonchev–Trinajstić information content (AvgIpc) is 2.77. The van der Waals surface area contributed by atoms with Crippen LogP contribution in [0, 0.1) is 6.92 Å². The number of aryl methyl sites for hydroxylation is 1. The van der Waals surface area contributed by atoms with Gasteiger partial charge >= 0.3 is 0 Å². The topological polar surface area (TPSA) is 64.9 Å². The Balaban J connectivity index is 2.35. The van der Waals surface area contributed by atoms with Crippen molar-refractivity contribution in [1.82, 2.24) is 10.1 Å². The van der Waals surface area contributed by atoms with E-state index < -0.39 is 0 Å². The molecule has 0 bridgehead atoms. The van der Waals surface area contributed by atoms with Gasteiger partial charge in [0.1, 0.15) is 0 Å². The number of benzene rings is 1. The van der Waals surface area contributed by atoms with Gasteiger partial charge in [0.15, 0.2) is 0 Å². The smallest absolute Gasteiger partial charge is 0.231 e. The molecule has 0 aliphatic carbocycles. The minimum Gasteiger partial charge on any atom is -0.339 e. The van der Waals surface area contributed by atoms with Crippen molar-refractivity contribution < 1.29 is 4.52 Å². The van der Waals surface area contributed by atoms with E-state index in [1.165, 1.54) is 0 Å². The first-order valence-corrected chi connectivity index (χ1v) is 6.64. The van der Waals surface area contributed by atoms with E-state index in [4.69, 9.17) is 10.3 Å². The Labute approximate surface area is 115 Å². The maximum atomic E-state index is 5.83. The zero-order valence-electron chi connectivity index (χ0n) is 10.6. The third-order valence-corrected chi connectivity index (χ3v) is 3.54. The molecular formula is C13H16BrN3O. The molecule has 0 aliphatic heterocycles. The Bertz CT molecular complexity index is 551. The molecule has 2 N–H and O–H groups in total. The van der Waals surface area contributed by atoms with Crippen molar-refractivity contribution in [3.05, 3.63) is 34.1 Å². The lowest BCUT2D eigenvalue weighted by Gasteiger charge is -2.09. The number of halogens is 1. The van der Waals surface area contributed by atoms with Gasteiger partial charge in [-0.05, 0) is 37.6 Å². The van der Waals surface area contributed by atoms with Crippen molar-refractivity contribution >= 4 is 15.9 Å². The van der Waals surface area contributed by atoms with Crippen LogP contribution < -0.4 is 5.73 Å². The Hall–Kier alpha value is -1.20. The van der Waals surface area contributed by atoms with Crippen LogP contribution in [0.4, 0.5) is 0 Å². The molecule has 0 saturated carbocycles. The molecule has 0 radical (unpaired) electrons. The quantitative estimate of drug-likeness (QED) is 0.945. The Kier molecular flexibility index (Phi) is 3.82. The molecule has 0 saturated heterocycles. The van der Waals surface area contributed by atoms with Gasteiger partial charge in [-0.15, -0.1) is 0 Å². The molecule has 2 rings (SSSR count). The molecule has 0 aliphatic rings. The molecule has 1 heterocycles. The Morgan fingerprint density at radius 1 is 1.33 bits per heavy atom. The number of nitrogens with zero attached hydrogens (tertiary/aromatic N) is 2. The van der Waals surface area contributed by atoms with E-state index in [-0.39, 0.29) is 12.0 Å². The van der Waals surface area contributed by atoms with Gasteiger partial charge in [0.05, 0.1) is 5.92 Å². The summed E-state index contributed by atoms with van der Waals surface area (Å²) in [4.78, 5) is 4.42. The third kappa shape index (κ3) is 2.62. The molecule has 0 fully saturated rings. The molecule has 4 nitrogen and oxygen atoms in total. The molecule has 5 heteroatoms. The van der Waals surface area contributed by atoms with Crippen LogP contribution in [-0.4, -0.2) is 16.2 Å². The van der Waals surface area contributed by atoms with Gasteiger partial charge in [-0.3, -0.25) is 0 Å². The largest absolute Gasteiger partial charge is 0.339 e. The monoisotopic (exact) mass is 309 g/mol. The highest BCUT2D eigenvalue weighted by molar-refractivity contribution is 9.10. The van der Waals surface area contributed by atoms with E-state index in [1.54, 1.807) is 0 Å². The van der Waals surface area contributed by atoms with Crippen LogP contribution >= 0.6 is 15.9 Å². The van der Waals surface area contributed by atoms with E-state index in [2.05, 4.69) is 26.1 Å². The first-order chi connectivity index (χ1) is 8.49. The van der Waals surface area contributed by atoms with E-state index in [0.717, 1.165) is 15.6 Å². The Morgan fingerprint density at radius 2 is 2.06 bits per heavy atom. The van der Waals surface area contributed by atoms with Crippen molar-refractivity contribution in [1.29, 1.82) is 0 Å². The van der Waals surface area contributed by atoms with Gasteiger partial charge in [0.25, 0.3) is 0 Å². The van der Waals surface area contributed by atoms with Crippen LogP contribution in [0.5, 0.6) is 0 Å². The molecule has 2 aromatic rings. The van der Waals surface area contributed by atoms with Crippen LogP contribution in [0.1, 0.15) is 31.2 Å². The van der Waals surface area contributed by atoms with Gasteiger partial charge in [-0.25, -0.2) is 0 Å². The van der Waals surface area contributed by atoms with Crippen molar-refractivity contribution in [2.24, 2.45) is 5.73 Å². The highest BCUT2D eigenvalue weighted by atomic mass is 79.9. The fourth-order valence-electron chi connectivity index (χ4n) is 1.63. The second-order valence-corrected chi connectivity index (χ2v) is 5.48. The Morgan fingerprint density at radius 3 is 2.67 bits per heavy atom. The van der Waals surface area contributed by atoms with E-state index in [9.17, 15) is 0 Å². The van der Waals surface area contributed by atoms with Crippen LogP contribution in [0.3, 0.4) is 0 Å². The molecule has 0 amide bonds. The molecule has 0 spiro atoms. The highest BCUT2D eigenvalue weighted by Gasteiger charge is 2.19. The summed E-state index contributed by atoms with van der Waals surface area (Å²) in [7, 11) is 0. The number of hydrogen-bond acceptors (Lipinski definition) is 4. The number of hydrogen-bond donors (Lipinski definition) is 1. The maximum absolute atomic E-state index is 5.83. The molecule has 18 heavy (non-hydrogen) atoms. The van der Waals surface area contributed by atoms with Crippen LogP contribution in [0.2, 0.25) is 0 Å². The molecule has 1 aromatic heterocycles. The van der Waals surface area contributed by atoms with Gasteiger partial charge < -0.3 is 10.3 Å². The summed E-state index contributed by atoms with van der Waals surface area (Å²) in [5, 5.41) is 4.02. The summed E-state index contributed by atoms with van der Waals surface area (Å²) in [6.07, 6.45) is 0. The lowest BCUT2D eigenvalue weighted by atomic mass is 10.1. The predicted octanol–water partition coefficient (Wildman–Crippen LogP) is 3.26. The SMILES string of the molecule is Cc1cc(Br)ccc1-c1noc(C(C)C(C)N)n1. The zero-order valence-corrected chi connectivity index (χ0v) is 12.2. The summed E-state index contributed by atoms with van der Waals surface area (Å²) in [5.41, 5.74) is 7.91. The fourth-order valence-corrected chi connectivity index (χ4v) is 2.11. The van der Waals surface area contributed by atoms with Crippen molar-refractivity contribution in [2.45, 2.75) is 32.7 Å². The lowest BCUT2D eigenvalue weighted by Crippen LogP contribution is -2.22. The van der Waals surface area contributed by atoms with Crippen molar-refractivity contribution in [3.8, 4) is 11.4 Å². The first kappa shape index (κ1) is 13.2. The molecule has 2 unspecified atom stereocenters. The first-order valence-electron chi connectivity index (χ1n) is 5.84. The van der Waals surface area contributed by atoms with Gasteiger partial charge in [0.2, 0.25) is 11.7 Å². The minimum absolute atomic E-state index is 0.00989. The number of rotatable bonds is 3. The van der Waals surface area contributed by atoms with Gasteiger partial charge in [0, 0.05) is 16.1 Å². The van der Waals surface area contributed by atoms with Crippen molar-refractivity contribution in [3.63, 3.8) is 0 Å². The number of aromatic nitrogens is 2. The summed E-state index contributed by atoms with van der Waals surface area (Å²) >= 11 is 3.44. The third-order valence-electron chi connectivity index (χ3n) is 3.05. The van der Waals surface area contributed by atoms with Crippen molar-refractivity contribution in [2.75, 3.05) is 0 Å². The van der Waals surface area contributed by atoms with E-state index in [1.807, 2.05) is 39.0 Å². The molecule has 96 valence electrons. The zero-order chi connectivity index (χ0) is 13.3. The minimum atomic E-state index is -0.00989. The van der Waals surface area contributed by atoms with Gasteiger partial charge in [-0.2, -0.15) is 4.98 Å². The fraction of sp³-hybridized carbons (Fsp3) is 0.385.